The molecule has 0 amide bonds. The Morgan fingerprint density at radius 3 is 2.50 bits per heavy atom. The van der Waals surface area contributed by atoms with E-state index in [2.05, 4.69) is 30.9 Å². The number of hydrogen-bond acceptors (Lipinski definition) is 5. The topological polar surface area (TPSA) is 65.2 Å². The van der Waals surface area contributed by atoms with Gasteiger partial charge in [-0.25, -0.2) is 4.79 Å². The molecule has 1 heterocycles. The highest BCUT2D eigenvalue weighted by molar-refractivity contribution is 5.83. The van der Waals surface area contributed by atoms with Gasteiger partial charge in [-0.2, -0.15) is 4.98 Å². The fraction of sp³-hybridized carbons (Fsp3) is 0.800. The predicted octanol–water partition coefficient (Wildman–Crippen LogP) is 3.57. The van der Waals surface area contributed by atoms with Crippen molar-refractivity contribution in [2.45, 2.75) is 59.3 Å². The van der Waals surface area contributed by atoms with E-state index in [-0.39, 0.29) is 5.89 Å². The minimum absolute atomic E-state index is 0.0280. The Balaban J connectivity index is 1.96. The summed E-state index contributed by atoms with van der Waals surface area (Å²) >= 11 is 0. The van der Waals surface area contributed by atoms with Crippen LogP contribution in [0.15, 0.2) is 4.52 Å². The van der Waals surface area contributed by atoms with Crippen molar-refractivity contribution >= 4 is 5.97 Å². The second-order valence-corrected chi connectivity index (χ2v) is 6.59. The van der Waals surface area contributed by atoms with Gasteiger partial charge in [-0.1, -0.05) is 25.9 Å². The van der Waals surface area contributed by atoms with Crippen molar-refractivity contribution in [3.63, 3.8) is 0 Å². The molecule has 1 aromatic rings. The van der Waals surface area contributed by atoms with E-state index in [1.54, 1.807) is 6.92 Å². The van der Waals surface area contributed by atoms with Gasteiger partial charge in [0.2, 0.25) is 0 Å². The molecule has 1 aliphatic rings. The number of carbonyl (C=O) groups is 1. The van der Waals surface area contributed by atoms with Crippen LogP contribution in [0.2, 0.25) is 0 Å². The Labute approximate surface area is 120 Å². The zero-order chi connectivity index (χ0) is 14.8. The van der Waals surface area contributed by atoms with E-state index >= 15 is 0 Å². The van der Waals surface area contributed by atoms with Crippen molar-refractivity contribution in [3.05, 3.63) is 11.7 Å². The Bertz CT molecular complexity index is 454. The van der Waals surface area contributed by atoms with Gasteiger partial charge in [-0.05, 0) is 43.9 Å². The van der Waals surface area contributed by atoms with Gasteiger partial charge in [0.25, 0.3) is 0 Å². The maximum absolute atomic E-state index is 11.5. The number of nitrogens with zero attached hydrogens (tertiary/aromatic N) is 2. The normalized spacial score (nSPS) is 23.6. The molecule has 0 bridgehead atoms. The van der Waals surface area contributed by atoms with Gasteiger partial charge >= 0.3 is 11.9 Å². The molecule has 112 valence electrons. The molecule has 1 fully saturated rings. The van der Waals surface area contributed by atoms with E-state index in [1.807, 2.05) is 0 Å². The Hall–Kier alpha value is -1.39. The molecule has 5 nitrogen and oxygen atoms in total. The Kier molecular flexibility index (Phi) is 4.45. The minimum Gasteiger partial charge on any atom is -0.459 e. The van der Waals surface area contributed by atoms with Crippen LogP contribution in [0.25, 0.3) is 0 Å². The van der Waals surface area contributed by atoms with Crippen molar-refractivity contribution in [1.29, 1.82) is 0 Å². The number of ether oxygens (including phenoxy) is 1. The quantitative estimate of drug-likeness (QED) is 0.792. The summed E-state index contributed by atoms with van der Waals surface area (Å²) in [6.07, 6.45) is 4.47. The second-order valence-electron chi connectivity index (χ2n) is 6.59. The molecule has 0 aromatic carbocycles. The van der Waals surface area contributed by atoms with Gasteiger partial charge in [-0.3, -0.25) is 0 Å². The summed E-state index contributed by atoms with van der Waals surface area (Å²) in [5.74, 6) is 1.14. The number of aromatic nitrogens is 2. The third kappa shape index (κ3) is 3.38. The van der Waals surface area contributed by atoms with Gasteiger partial charge in [0.1, 0.15) is 0 Å². The Morgan fingerprint density at radius 1 is 1.30 bits per heavy atom. The van der Waals surface area contributed by atoms with Gasteiger partial charge in [0, 0.05) is 5.92 Å². The molecule has 0 spiro atoms. The lowest BCUT2D eigenvalue weighted by molar-refractivity contribution is 0.0470. The summed E-state index contributed by atoms with van der Waals surface area (Å²) < 4.78 is 9.85. The van der Waals surface area contributed by atoms with Crippen LogP contribution in [0.1, 0.15) is 75.8 Å². The monoisotopic (exact) mass is 280 g/mol. The highest BCUT2D eigenvalue weighted by Gasteiger charge is 2.32. The number of rotatable bonds is 3. The van der Waals surface area contributed by atoms with E-state index in [1.165, 1.54) is 12.8 Å². The lowest BCUT2D eigenvalue weighted by Crippen LogP contribution is -2.25. The van der Waals surface area contributed by atoms with Gasteiger partial charge in [0.15, 0.2) is 5.82 Å². The summed E-state index contributed by atoms with van der Waals surface area (Å²) in [4.78, 5) is 15.7. The molecule has 1 aromatic heterocycles. The number of carbonyl (C=O) groups excluding carboxylic acids is 1. The molecule has 2 rings (SSSR count). The van der Waals surface area contributed by atoms with Crippen LogP contribution in [-0.4, -0.2) is 22.7 Å². The molecular weight excluding hydrogens is 256 g/mol. The van der Waals surface area contributed by atoms with Crippen molar-refractivity contribution in [1.82, 2.24) is 10.1 Å². The predicted molar refractivity (Wildman–Crippen MR) is 74.4 cm³/mol. The molecular formula is C15H24N2O3. The first-order valence-electron chi connectivity index (χ1n) is 7.42. The smallest absolute Gasteiger partial charge is 0.397 e. The molecule has 0 radical (unpaired) electrons. The summed E-state index contributed by atoms with van der Waals surface area (Å²) in [7, 11) is 0. The molecule has 0 aliphatic heterocycles. The van der Waals surface area contributed by atoms with Crippen molar-refractivity contribution < 1.29 is 14.1 Å². The first kappa shape index (κ1) is 15.0. The molecule has 1 saturated carbocycles. The van der Waals surface area contributed by atoms with E-state index in [0.29, 0.717) is 23.8 Å². The van der Waals surface area contributed by atoms with E-state index in [4.69, 9.17) is 9.26 Å². The van der Waals surface area contributed by atoms with E-state index in [9.17, 15) is 4.79 Å². The van der Waals surface area contributed by atoms with Crippen molar-refractivity contribution in [2.75, 3.05) is 6.61 Å². The van der Waals surface area contributed by atoms with Crippen molar-refractivity contribution in [3.8, 4) is 0 Å². The lowest BCUT2D eigenvalue weighted by Gasteiger charge is -2.36. The van der Waals surface area contributed by atoms with E-state index in [0.717, 1.165) is 18.8 Å². The Morgan fingerprint density at radius 2 is 1.95 bits per heavy atom. The first-order valence-corrected chi connectivity index (χ1v) is 7.42. The fourth-order valence-corrected chi connectivity index (χ4v) is 2.89. The van der Waals surface area contributed by atoms with Gasteiger partial charge < -0.3 is 9.26 Å². The zero-order valence-electron chi connectivity index (χ0n) is 12.8. The first-order chi connectivity index (χ1) is 9.41. The minimum atomic E-state index is -0.533. The molecule has 5 heteroatoms. The average molecular weight is 280 g/mol. The third-order valence-electron chi connectivity index (χ3n) is 4.21. The molecule has 0 atom stereocenters. The molecule has 1 aliphatic carbocycles. The van der Waals surface area contributed by atoms with Crippen LogP contribution in [-0.2, 0) is 4.74 Å². The van der Waals surface area contributed by atoms with Crippen LogP contribution in [0.5, 0.6) is 0 Å². The second kappa shape index (κ2) is 5.94. The van der Waals surface area contributed by atoms with Crippen LogP contribution in [0.3, 0.4) is 0 Å². The molecule has 0 saturated heterocycles. The van der Waals surface area contributed by atoms with Crippen LogP contribution in [0, 0.1) is 11.3 Å². The van der Waals surface area contributed by atoms with Gasteiger partial charge in [-0.15, -0.1) is 0 Å². The summed E-state index contributed by atoms with van der Waals surface area (Å²) in [6, 6.07) is 0. The largest absolute Gasteiger partial charge is 0.459 e. The standard InChI is InChI=1S/C15H24N2O3/c1-5-19-14(18)13-16-12(17-20-13)10-6-8-11(9-7-10)15(2,3)4/h10-11H,5-9H2,1-4H3. The summed E-state index contributed by atoms with van der Waals surface area (Å²) in [5.41, 5.74) is 0.359. The van der Waals surface area contributed by atoms with E-state index < -0.39 is 5.97 Å². The van der Waals surface area contributed by atoms with Crippen LogP contribution in [0.4, 0.5) is 0 Å². The average Bonchev–Trinajstić information content (AvgIpc) is 2.88. The molecule has 0 unspecified atom stereocenters. The molecule has 0 N–H and O–H groups in total. The number of esters is 1. The maximum atomic E-state index is 11.5. The SMILES string of the molecule is CCOC(=O)c1nc(C2CCC(C(C)(C)C)CC2)no1. The third-order valence-corrected chi connectivity index (χ3v) is 4.21. The van der Waals surface area contributed by atoms with Crippen molar-refractivity contribution in [2.24, 2.45) is 11.3 Å². The van der Waals surface area contributed by atoms with Crippen LogP contribution < -0.4 is 0 Å². The summed E-state index contributed by atoms with van der Waals surface area (Å²) in [6.45, 7) is 8.96. The summed E-state index contributed by atoms with van der Waals surface area (Å²) in [5, 5.41) is 3.94. The molecule has 20 heavy (non-hydrogen) atoms. The fourth-order valence-electron chi connectivity index (χ4n) is 2.89. The highest BCUT2D eigenvalue weighted by atomic mass is 16.6. The zero-order valence-corrected chi connectivity index (χ0v) is 12.8. The maximum Gasteiger partial charge on any atom is 0.397 e. The van der Waals surface area contributed by atoms with Crippen LogP contribution >= 0.6 is 0 Å². The lowest BCUT2D eigenvalue weighted by atomic mass is 9.70. The highest BCUT2D eigenvalue weighted by Crippen LogP contribution is 2.42. The number of hydrogen-bond donors (Lipinski definition) is 0. The van der Waals surface area contributed by atoms with Gasteiger partial charge in [0.05, 0.1) is 6.61 Å².